The molecule has 0 aliphatic heterocycles. The molecule has 1 aromatic rings. The predicted molar refractivity (Wildman–Crippen MR) is 64.7 cm³/mol. The van der Waals surface area contributed by atoms with Gasteiger partial charge >= 0.3 is 5.97 Å². The van der Waals surface area contributed by atoms with Crippen LogP contribution in [-0.4, -0.2) is 25.3 Å². The molecule has 0 spiro atoms. The molecular weight excluding hydrogens is 239 g/mol. The summed E-state index contributed by atoms with van der Waals surface area (Å²) in [5.74, 6) is -1.82. The first-order valence-corrected chi connectivity index (χ1v) is 5.55. The standard InChI is InChI=1S/C13H17FO4/c1-7-5-9(6-8(2)13(15)16)10(14)12(18-4)11(7)17-3/h5,8H,6H2,1-4H3,(H,15,16). The smallest absolute Gasteiger partial charge is 0.306 e. The number of aryl methyl sites for hydroxylation is 1. The molecule has 100 valence electrons. The summed E-state index contributed by atoms with van der Waals surface area (Å²) in [4.78, 5) is 10.8. The van der Waals surface area contributed by atoms with E-state index in [0.29, 0.717) is 16.9 Å². The molecule has 0 aliphatic carbocycles. The first-order valence-electron chi connectivity index (χ1n) is 5.55. The summed E-state index contributed by atoms with van der Waals surface area (Å²) in [5, 5.41) is 8.85. The normalized spacial score (nSPS) is 12.1. The molecule has 0 saturated heterocycles. The van der Waals surface area contributed by atoms with Gasteiger partial charge in [0.05, 0.1) is 20.1 Å². The Labute approximate surface area is 105 Å². The van der Waals surface area contributed by atoms with E-state index in [2.05, 4.69) is 0 Å². The van der Waals surface area contributed by atoms with E-state index >= 15 is 0 Å². The van der Waals surface area contributed by atoms with Gasteiger partial charge in [-0.3, -0.25) is 4.79 Å². The summed E-state index contributed by atoms with van der Waals surface area (Å²) in [5.41, 5.74) is 1.03. The highest BCUT2D eigenvalue weighted by Gasteiger charge is 2.21. The van der Waals surface area contributed by atoms with Crippen molar-refractivity contribution in [2.24, 2.45) is 5.92 Å². The zero-order valence-corrected chi connectivity index (χ0v) is 10.9. The van der Waals surface area contributed by atoms with E-state index in [1.165, 1.54) is 21.1 Å². The Morgan fingerprint density at radius 3 is 2.39 bits per heavy atom. The van der Waals surface area contributed by atoms with Crippen LogP contribution < -0.4 is 9.47 Å². The molecule has 0 radical (unpaired) electrons. The van der Waals surface area contributed by atoms with Crippen molar-refractivity contribution >= 4 is 5.97 Å². The van der Waals surface area contributed by atoms with Gasteiger partial charge in [-0.15, -0.1) is 0 Å². The Balaban J connectivity index is 3.22. The largest absolute Gasteiger partial charge is 0.492 e. The quantitative estimate of drug-likeness (QED) is 0.879. The fourth-order valence-corrected chi connectivity index (χ4v) is 1.82. The molecule has 0 bridgehead atoms. The molecule has 1 N–H and O–H groups in total. The van der Waals surface area contributed by atoms with Gasteiger partial charge in [-0.1, -0.05) is 6.92 Å². The molecule has 0 aromatic heterocycles. The summed E-state index contributed by atoms with van der Waals surface area (Å²) < 4.78 is 24.2. The average molecular weight is 256 g/mol. The maximum atomic E-state index is 14.1. The number of aliphatic carboxylic acids is 1. The highest BCUT2D eigenvalue weighted by atomic mass is 19.1. The summed E-state index contributed by atoms with van der Waals surface area (Å²) in [6, 6.07) is 1.59. The monoisotopic (exact) mass is 256 g/mol. The van der Waals surface area contributed by atoms with Gasteiger partial charge in [0, 0.05) is 0 Å². The van der Waals surface area contributed by atoms with E-state index in [-0.39, 0.29) is 12.2 Å². The van der Waals surface area contributed by atoms with E-state index in [1.807, 2.05) is 0 Å². The lowest BCUT2D eigenvalue weighted by Gasteiger charge is -2.15. The predicted octanol–water partition coefficient (Wildman–Crippen LogP) is 2.41. The Kier molecular flexibility index (Phi) is 4.53. The number of carboxylic acid groups (broad SMARTS) is 1. The minimum Gasteiger partial charge on any atom is -0.492 e. The summed E-state index contributed by atoms with van der Waals surface area (Å²) in [7, 11) is 2.79. The minimum absolute atomic E-state index is 0.0186. The van der Waals surface area contributed by atoms with Crippen LogP contribution >= 0.6 is 0 Å². The summed E-state index contributed by atoms with van der Waals surface area (Å²) in [6.45, 7) is 3.30. The van der Waals surface area contributed by atoms with E-state index < -0.39 is 17.7 Å². The zero-order chi connectivity index (χ0) is 13.9. The number of benzene rings is 1. The third-order valence-electron chi connectivity index (χ3n) is 2.79. The van der Waals surface area contributed by atoms with Gasteiger partial charge in [0.1, 0.15) is 0 Å². The topological polar surface area (TPSA) is 55.8 Å². The molecule has 0 fully saturated rings. The fourth-order valence-electron chi connectivity index (χ4n) is 1.82. The van der Waals surface area contributed by atoms with Crippen LogP contribution in [0, 0.1) is 18.7 Å². The third kappa shape index (κ3) is 2.72. The second kappa shape index (κ2) is 5.71. The number of halogens is 1. The van der Waals surface area contributed by atoms with Crippen LogP contribution in [0.2, 0.25) is 0 Å². The molecular formula is C13H17FO4. The lowest BCUT2D eigenvalue weighted by atomic mass is 9.98. The Hall–Kier alpha value is -1.78. The molecule has 18 heavy (non-hydrogen) atoms. The molecule has 5 heteroatoms. The van der Waals surface area contributed by atoms with E-state index in [9.17, 15) is 9.18 Å². The number of ether oxygens (including phenoxy) is 2. The Morgan fingerprint density at radius 2 is 1.94 bits per heavy atom. The van der Waals surface area contributed by atoms with Gasteiger partial charge in [-0.05, 0) is 30.5 Å². The van der Waals surface area contributed by atoms with Crippen LogP contribution in [0.15, 0.2) is 6.07 Å². The summed E-state index contributed by atoms with van der Waals surface area (Å²) >= 11 is 0. The summed E-state index contributed by atoms with van der Waals surface area (Å²) in [6.07, 6.45) is 0.113. The molecule has 1 atom stereocenters. The number of hydrogen-bond acceptors (Lipinski definition) is 3. The fraction of sp³-hybridized carbons (Fsp3) is 0.462. The van der Waals surface area contributed by atoms with Gasteiger partial charge in [0.2, 0.25) is 0 Å². The number of rotatable bonds is 5. The first-order chi connectivity index (χ1) is 8.42. The lowest BCUT2D eigenvalue weighted by molar-refractivity contribution is -0.141. The SMILES string of the molecule is COc1c(C)cc(CC(C)C(=O)O)c(F)c1OC. The van der Waals surface area contributed by atoms with Crippen molar-refractivity contribution in [2.45, 2.75) is 20.3 Å². The van der Waals surface area contributed by atoms with Crippen molar-refractivity contribution in [3.63, 3.8) is 0 Å². The molecule has 0 heterocycles. The Morgan fingerprint density at radius 1 is 1.39 bits per heavy atom. The van der Waals surface area contributed by atoms with Gasteiger partial charge in [-0.25, -0.2) is 4.39 Å². The zero-order valence-electron chi connectivity index (χ0n) is 10.9. The maximum absolute atomic E-state index is 14.1. The van der Waals surface area contributed by atoms with Crippen molar-refractivity contribution < 1.29 is 23.8 Å². The highest BCUT2D eigenvalue weighted by molar-refractivity contribution is 5.70. The molecule has 1 unspecified atom stereocenters. The maximum Gasteiger partial charge on any atom is 0.306 e. The molecule has 1 aromatic carbocycles. The van der Waals surface area contributed by atoms with Crippen molar-refractivity contribution in [3.05, 3.63) is 23.0 Å². The number of carbonyl (C=O) groups is 1. The van der Waals surface area contributed by atoms with Gasteiger partial charge in [-0.2, -0.15) is 0 Å². The van der Waals surface area contributed by atoms with Gasteiger partial charge in [0.15, 0.2) is 17.3 Å². The van der Waals surface area contributed by atoms with E-state index in [4.69, 9.17) is 14.6 Å². The minimum atomic E-state index is -0.957. The lowest BCUT2D eigenvalue weighted by Crippen LogP contribution is -2.14. The molecule has 4 nitrogen and oxygen atoms in total. The van der Waals surface area contributed by atoms with Crippen molar-refractivity contribution in [1.82, 2.24) is 0 Å². The second-order valence-electron chi connectivity index (χ2n) is 4.18. The van der Waals surface area contributed by atoms with Gasteiger partial charge < -0.3 is 14.6 Å². The van der Waals surface area contributed by atoms with Crippen molar-refractivity contribution in [2.75, 3.05) is 14.2 Å². The Bertz CT molecular complexity index is 457. The molecule has 1 rings (SSSR count). The number of methoxy groups -OCH3 is 2. The van der Waals surface area contributed by atoms with Gasteiger partial charge in [0.25, 0.3) is 0 Å². The molecule has 0 saturated carbocycles. The van der Waals surface area contributed by atoms with Crippen molar-refractivity contribution in [3.8, 4) is 11.5 Å². The first kappa shape index (κ1) is 14.3. The molecule has 0 amide bonds. The third-order valence-corrected chi connectivity index (χ3v) is 2.79. The van der Waals surface area contributed by atoms with Crippen molar-refractivity contribution in [1.29, 1.82) is 0 Å². The van der Waals surface area contributed by atoms with Crippen LogP contribution in [0.4, 0.5) is 4.39 Å². The van der Waals surface area contributed by atoms with Crippen LogP contribution in [0.3, 0.4) is 0 Å². The van der Waals surface area contributed by atoms with Crippen LogP contribution in [0.25, 0.3) is 0 Å². The molecule has 0 aliphatic rings. The highest BCUT2D eigenvalue weighted by Crippen LogP contribution is 2.36. The number of hydrogen-bond donors (Lipinski definition) is 1. The average Bonchev–Trinajstić information content (AvgIpc) is 2.32. The number of carboxylic acids is 1. The second-order valence-corrected chi connectivity index (χ2v) is 4.18. The van der Waals surface area contributed by atoms with E-state index in [1.54, 1.807) is 13.0 Å². The van der Waals surface area contributed by atoms with E-state index in [0.717, 1.165) is 0 Å². The van der Waals surface area contributed by atoms with Crippen LogP contribution in [-0.2, 0) is 11.2 Å². The van der Waals surface area contributed by atoms with Crippen LogP contribution in [0.1, 0.15) is 18.1 Å². The van der Waals surface area contributed by atoms with Crippen LogP contribution in [0.5, 0.6) is 11.5 Å².